The molecule has 0 radical (unpaired) electrons. The van der Waals surface area contributed by atoms with E-state index in [0.29, 0.717) is 12.4 Å². The lowest BCUT2D eigenvalue weighted by Crippen LogP contribution is -2.04. The molecule has 94 valence electrons. The number of hydrogen-bond acceptors (Lipinski definition) is 3. The highest BCUT2D eigenvalue weighted by Gasteiger charge is 2.01. The van der Waals surface area contributed by atoms with Crippen molar-refractivity contribution in [3.05, 3.63) is 42.5 Å². The van der Waals surface area contributed by atoms with Crippen molar-refractivity contribution in [3.8, 4) is 5.75 Å². The SMILES string of the molecule is O=C(O)CSCCOc1cccc2ccccc12. The van der Waals surface area contributed by atoms with E-state index in [-0.39, 0.29) is 5.75 Å². The van der Waals surface area contributed by atoms with Crippen LogP contribution < -0.4 is 4.74 Å². The van der Waals surface area contributed by atoms with Gasteiger partial charge in [0.05, 0.1) is 12.4 Å². The molecule has 3 nitrogen and oxygen atoms in total. The zero-order valence-corrected chi connectivity index (χ0v) is 10.7. The van der Waals surface area contributed by atoms with Crippen molar-refractivity contribution in [2.45, 2.75) is 0 Å². The van der Waals surface area contributed by atoms with E-state index < -0.39 is 5.97 Å². The fourth-order valence-electron chi connectivity index (χ4n) is 1.69. The van der Waals surface area contributed by atoms with E-state index in [2.05, 4.69) is 0 Å². The molecule has 0 atom stereocenters. The Morgan fingerprint density at radius 1 is 1.17 bits per heavy atom. The molecule has 2 rings (SSSR count). The Kier molecular flexibility index (Phi) is 4.47. The lowest BCUT2D eigenvalue weighted by atomic mass is 10.1. The number of benzene rings is 2. The summed E-state index contributed by atoms with van der Waals surface area (Å²) in [6, 6.07) is 14.0. The van der Waals surface area contributed by atoms with Crippen LogP contribution in [0, 0.1) is 0 Å². The molecule has 0 heterocycles. The average Bonchev–Trinajstić information content (AvgIpc) is 2.38. The number of aliphatic carboxylic acids is 1. The summed E-state index contributed by atoms with van der Waals surface area (Å²) in [5, 5.41) is 10.7. The van der Waals surface area contributed by atoms with Crippen LogP contribution in [0.2, 0.25) is 0 Å². The minimum Gasteiger partial charge on any atom is -0.492 e. The smallest absolute Gasteiger partial charge is 0.313 e. The molecule has 0 saturated carbocycles. The molecular weight excluding hydrogens is 248 g/mol. The molecule has 0 aliphatic heterocycles. The van der Waals surface area contributed by atoms with Gasteiger partial charge in [-0.15, -0.1) is 11.8 Å². The van der Waals surface area contributed by atoms with Gasteiger partial charge in [0.15, 0.2) is 0 Å². The second-order valence-electron chi connectivity index (χ2n) is 3.77. The van der Waals surface area contributed by atoms with E-state index in [9.17, 15) is 4.79 Å². The first-order chi connectivity index (χ1) is 8.77. The molecule has 0 aliphatic rings. The first-order valence-electron chi connectivity index (χ1n) is 5.67. The van der Waals surface area contributed by atoms with E-state index in [0.717, 1.165) is 16.5 Å². The summed E-state index contributed by atoms with van der Waals surface area (Å²) in [6.07, 6.45) is 0. The van der Waals surface area contributed by atoms with E-state index in [1.165, 1.54) is 11.8 Å². The van der Waals surface area contributed by atoms with Crippen LogP contribution in [0.1, 0.15) is 0 Å². The molecule has 0 aliphatic carbocycles. The van der Waals surface area contributed by atoms with E-state index in [1.54, 1.807) is 0 Å². The molecule has 0 aromatic heterocycles. The van der Waals surface area contributed by atoms with Gasteiger partial charge >= 0.3 is 5.97 Å². The summed E-state index contributed by atoms with van der Waals surface area (Å²) in [4.78, 5) is 10.3. The molecular formula is C14H14O3S. The third-order valence-electron chi connectivity index (χ3n) is 2.46. The Labute approximate surface area is 110 Å². The van der Waals surface area contributed by atoms with Gasteiger partial charge < -0.3 is 9.84 Å². The van der Waals surface area contributed by atoms with Crippen LogP contribution in [0.25, 0.3) is 10.8 Å². The van der Waals surface area contributed by atoms with Crippen LogP contribution in [0.3, 0.4) is 0 Å². The van der Waals surface area contributed by atoms with E-state index in [1.807, 2.05) is 42.5 Å². The third-order valence-corrected chi connectivity index (χ3v) is 3.37. The van der Waals surface area contributed by atoms with Crippen LogP contribution in [-0.4, -0.2) is 29.2 Å². The molecule has 0 bridgehead atoms. The van der Waals surface area contributed by atoms with Crippen molar-refractivity contribution in [2.75, 3.05) is 18.1 Å². The Bertz CT molecular complexity index is 534. The highest BCUT2D eigenvalue weighted by Crippen LogP contribution is 2.25. The van der Waals surface area contributed by atoms with Crippen LogP contribution >= 0.6 is 11.8 Å². The van der Waals surface area contributed by atoms with Crippen molar-refractivity contribution < 1.29 is 14.6 Å². The first-order valence-corrected chi connectivity index (χ1v) is 6.83. The lowest BCUT2D eigenvalue weighted by molar-refractivity contribution is -0.133. The normalized spacial score (nSPS) is 10.4. The Morgan fingerprint density at radius 3 is 2.78 bits per heavy atom. The van der Waals surface area contributed by atoms with Gasteiger partial charge in [-0.05, 0) is 11.5 Å². The topological polar surface area (TPSA) is 46.5 Å². The van der Waals surface area contributed by atoms with Gasteiger partial charge in [-0.2, -0.15) is 0 Å². The number of hydrogen-bond donors (Lipinski definition) is 1. The number of carbonyl (C=O) groups is 1. The van der Waals surface area contributed by atoms with Crippen LogP contribution in [0.15, 0.2) is 42.5 Å². The quantitative estimate of drug-likeness (QED) is 0.813. The Balaban J connectivity index is 1.93. The van der Waals surface area contributed by atoms with Gasteiger partial charge in [0.2, 0.25) is 0 Å². The maximum Gasteiger partial charge on any atom is 0.313 e. The molecule has 2 aromatic carbocycles. The number of fused-ring (bicyclic) bond motifs is 1. The molecule has 1 N–H and O–H groups in total. The predicted molar refractivity (Wildman–Crippen MR) is 74.4 cm³/mol. The van der Waals surface area contributed by atoms with Crippen LogP contribution in [-0.2, 0) is 4.79 Å². The van der Waals surface area contributed by atoms with Crippen molar-refractivity contribution in [3.63, 3.8) is 0 Å². The van der Waals surface area contributed by atoms with E-state index >= 15 is 0 Å². The standard InChI is InChI=1S/C14H14O3S/c15-14(16)10-18-9-8-17-13-7-3-5-11-4-1-2-6-12(11)13/h1-7H,8-10H2,(H,15,16). The third kappa shape index (κ3) is 3.40. The van der Waals surface area contributed by atoms with Gasteiger partial charge in [0.25, 0.3) is 0 Å². The van der Waals surface area contributed by atoms with Crippen LogP contribution in [0.5, 0.6) is 5.75 Å². The first kappa shape index (κ1) is 12.8. The van der Waals surface area contributed by atoms with Gasteiger partial charge in [0, 0.05) is 11.1 Å². The molecule has 2 aromatic rings. The largest absolute Gasteiger partial charge is 0.492 e. The summed E-state index contributed by atoms with van der Waals surface area (Å²) in [5.41, 5.74) is 0. The summed E-state index contributed by atoms with van der Waals surface area (Å²) in [5.74, 6) is 0.864. The molecule has 0 amide bonds. The number of carboxylic acid groups (broad SMARTS) is 1. The highest BCUT2D eigenvalue weighted by atomic mass is 32.2. The second-order valence-corrected chi connectivity index (χ2v) is 4.88. The van der Waals surface area contributed by atoms with Gasteiger partial charge in [-0.25, -0.2) is 0 Å². The lowest BCUT2D eigenvalue weighted by Gasteiger charge is -2.08. The molecule has 0 spiro atoms. The number of carboxylic acids is 1. The van der Waals surface area contributed by atoms with Gasteiger partial charge in [0.1, 0.15) is 5.75 Å². The molecule has 0 fully saturated rings. The fourth-order valence-corrected chi connectivity index (χ4v) is 2.21. The summed E-state index contributed by atoms with van der Waals surface area (Å²) < 4.78 is 5.69. The zero-order valence-electron chi connectivity index (χ0n) is 9.83. The van der Waals surface area contributed by atoms with Crippen molar-refractivity contribution in [1.29, 1.82) is 0 Å². The van der Waals surface area contributed by atoms with Crippen molar-refractivity contribution in [1.82, 2.24) is 0 Å². The predicted octanol–water partition coefficient (Wildman–Crippen LogP) is 3.04. The fraction of sp³-hybridized carbons (Fsp3) is 0.214. The number of ether oxygens (including phenoxy) is 1. The number of thioether (sulfide) groups is 1. The van der Waals surface area contributed by atoms with Crippen molar-refractivity contribution in [2.24, 2.45) is 0 Å². The summed E-state index contributed by atoms with van der Waals surface area (Å²) in [7, 11) is 0. The van der Waals surface area contributed by atoms with E-state index in [4.69, 9.17) is 9.84 Å². The maximum atomic E-state index is 10.3. The second kappa shape index (κ2) is 6.31. The van der Waals surface area contributed by atoms with Crippen molar-refractivity contribution >= 4 is 28.5 Å². The van der Waals surface area contributed by atoms with Gasteiger partial charge in [-0.3, -0.25) is 4.79 Å². The average molecular weight is 262 g/mol. The Morgan fingerprint density at radius 2 is 1.94 bits per heavy atom. The Hall–Kier alpha value is -1.68. The minimum absolute atomic E-state index is 0.124. The molecule has 0 saturated heterocycles. The zero-order chi connectivity index (χ0) is 12.8. The molecule has 18 heavy (non-hydrogen) atoms. The summed E-state index contributed by atoms with van der Waals surface area (Å²) >= 11 is 1.36. The minimum atomic E-state index is -0.787. The maximum absolute atomic E-state index is 10.3. The summed E-state index contributed by atoms with van der Waals surface area (Å²) in [6.45, 7) is 0.520. The van der Waals surface area contributed by atoms with Crippen LogP contribution in [0.4, 0.5) is 0 Å². The highest BCUT2D eigenvalue weighted by molar-refractivity contribution is 7.99. The molecule has 0 unspecified atom stereocenters. The molecule has 4 heteroatoms. The van der Waals surface area contributed by atoms with Gasteiger partial charge in [-0.1, -0.05) is 36.4 Å². The number of rotatable bonds is 6. The monoisotopic (exact) mass is 262 g/mol.